The fraction of sp³-hybridized carbons (Fsp3) is 0.391. The molecule has 1 atom stereocenters. The van der Waals surface area contributed by atoms with E-state index in [1.807, 2.05) is 63.2 Å². The van der Waals surface area contributed by atoms with Crippen LogP contribution >= 0.6 is 0 Å². The summed E-state index contributed by atoms with van der Waals surface area (Å²) in [5.41, 5.74) is 2.59. The zero-order valence-electron chi connectivity index (χ0n) is 17.0. The van der Waals surface area contributed by atoms with Gasteiger partial charge in [-0.3, -0.25) is 9.59 Å². The number of carbonyl (C=O) groups excluding carboxylic acids is 2. The number of fused-ring (bicyclic) bond motifs is 1. The van der Waals surface area contributed by atoms with E-state index in [0.717, 1.165) is 11.1 Å². The van der Waals surface area contributed by atoms with E-state index in [0.29, 0.717) is 24.6 Å². The van der Waals surface area contributed by atoms with Gasteiger partial charge in [0.1, 0.15) is 0 Å². The lowest BCUT2D eigenvalue weighted by Crippen LogP contribution is -2.44. The van der Waals surface area contributed by atoms with E-state index < -0.39 is 5.54 Å². The lowest BCUT2D eigenvalue weighted by atomic mass is 9.92. The smallest absolute Gasteiger partial charge is 0.231 e. The third-order valence-electron chi connectivity index (χ3n) is 5.61. The van der Waals surface area contributed by atoms with Crippen molar-refractivity contribution in [2.45, 2.75) is 39.3 Å². The number of rotatable bonds is 5. The summed E-state index contributed by atoms with van der Waals surface area (Å²) in [6.45, 7) is 7.12. The maximum atomic E-state index is 12.9. The van der Waals surface area contributed by atoms with Crippen LogP contribution < -0.4 is 14.8 Å². The predicted molar refractivity (Wildman–Crippen MR) is 108 cm³/mol. The lowest BCUT2D eigenvalue weighted by molar-refractivity contribution is -0.129. The van der Waals surface area contributed by atoms with Crippen molar-refractivity contribution in [2.24, 2.45) is 5.92 Å². The number of carbonyl (C=O) groups is 2. The van der Waals surface area contributed by atoms with Gasteiger partial charge in [0.25, 0.3) is 0 Å². The number of ether oxygens (including phenoxy) is 2. The molecular weight excluding hydrogens is 368 g/mol. The molecule has 2 aliphatic rings. The predicted octanol–water partition coefficient (Wildman–Crippen LogP) is 3.12. The van der Waals surface area contributed by atoms with E-state index in [-0.39, 0.29) is 30.9 Å². The highest BCUT2D eigenvalue weighted by Crippen LogP contribution is 2.36. The van der Waals surface area contributed by atoms with Gasteiger partial charge in [0.15, 0.2) is 11.5 Å². The topological polar surface area (TPSA) is 67.9 Å². The van der Waals surface area contributed by atoms with Crippen molar-refractivity contribution >= 4 is 11.8 Å². The van der Waals surface area contributed by atoms with Crippen LogP contribution in [0.25, 0.3) is 0 Å². The van der Waals surface area contributed by atoms with E-state index >= 15 is 0 Å². The molecule has 2 amide bonds. The lowest BCUT2D eigenvalue weighted by Gasteiger charge is -2.28. The molecule has 0 spiro atoms. The Morgan fingerprint density at radius 3 is 2.62 bits per heavy atom. The number of amides is 2. The largest absolute Gasteiger partial charge is 0.454 e. The molecule has 0 radical (unpaired) electrons. The Labute approximate surface area is 170 Å². The normalized spacial score (nSPS) is 18.2. The van der Waals surface area contributed by atoms with E-state index in [1.54, 1.807) is 4.90 Å². The highest BCUT2D eigenvalue weighted by Gasteiger charge is 2.36. The second-order valence-electron chi connectivity index (χ2n) is 8.34. The second-order valence-corrected chi connectivity index (χ2v) is 8.34. The molecule has 0 saturated carbocycles. The fourth-order valence-electron chi connectivity index (χ4n) is 3.78. The van der Waals surface area contributed by atoms with Crippen molar-refractivity contribution in [1.29, 1.82) is 0 Å². The number of nitrogens with zero attached hydrogens (tertiary/aromatic N) is 1. The maximum absolute atomic E-state index is 12.9. The van der Waals surface area contributed by atoms with Gasteiger partial charge < -0.3 is 19.7 Å². The van der Waals surface area contributed by atoms with Gasteiger partial charge in [-0.25, -0.2) is 0 Å². The van der Waals surface area contributed by atoms with Gasteiger partial charge in [-0.2, -0.15) is 0 Å². The molecule has 2 aliphatic heterocycles. The molecule has 29 heavy (non-hydrogen) atoms. The number of aryl methyl sites for hydroxylation is 1. The Morgan fingerprint density at radius 1 is 1.14 bits per heavy atom. The third-order valence-corrected chi connectivity index (χ3v) is 5.61. The van der Waals surface area contributed by atoms with Crippen LogP contribution in [0, 0.1) is 12.8 Å². The maximum Gasteiger partial charge on any atom is 0.231 e. The Hall–Kier alpha value is -3.02. The van der Waals surface area contributed by atoms with Gasteiger partial charge in [0.2, 0.25) is 18.6 Å². The first kappa shape index (κ1) is 19.3. The molecule has 6 heteroatoms. The van der Waals surface area contributed by atoms with E-state index in [1.165, 1.54) is 5.56 Å². The van der Waals surface area contributed by atoms with E-state index in [2.05, 4.69) is 5.32 Å². The van der Waals surface area contributed by atoms with E-state index in [9.17, 15) is 9.59 Å². The Bertz CT molecular complexity index is 936. The zero-order chi connectivity index (χ0) is 20.6. The van der Waals surface area contributed by atoms with Crippen LogP contribution in [-0.2, 0) is 21.7 Å². The van der Waals surface area contributed by atoms with Crippen LogP contribution in [0.4, 0.5) is 0 Å². The first-order chi connectivity index (χ1) is 13.8. The molecule has 1 saturated heterocycles. The van der Waals surface area contributed by atoms with Crippen LogP contribution in [0.5, 0.6) is 11.5 Å². The third kappa shape index (κ3) is 4.06. The minimum absolute atomic E-state index is 0.0200. The second kappa shape index (κ2) is 7.43. The number of benzene rings is 2. The molecule has 0 aromatic heterocycles. The summed E-state index contributed by atoms with van der Waals surface area (Å²) >= 11 is 0. The summed E-state index contributed by atoms with van der Waals surface area (Å²) < 4.78 is 10.8. The molecule has 6 nitrogen and oxygen atoms in total. The molecule has 0 aliphatic carbocycles. The molecule has 2 aromatic carbocycles. The molecule has 4 rings (SSSR count). The van der Waals surface area contributed by atoms with Crippen molar-refractivity contribution in [1.82, 2.24) is 10.2 Å². The number of hydrogen-bond acceptors (Lipinski definition) is 4. The van der Waals surface area contributed by atoms with Crippen LogP contribution in [0.15, 0.2) is 42.5 Å². The van der Waals surface area contributed by atoms with Crippen LogP contribution in [0.2, 0.25) is 0 Å². The van der Waals surface area contributed by atoms with Gasteiger partial charge in [0, 0.05) is 19.5 Å². The highest BCUT2D eigenvalue weighted by atomic mass is 16.7. The molecular formula is C23H26N2O4. The molecule has 152 valence electrons. The first-order valence-electron chi connectivity index (χ1n) is 9.87. The number of nitrogens with one attached hydrogen (secondary N) is 1. The average molecular weight is 394 g/mol. The van der Waals surface area contributed by atoms with Gasteiger partial charge in [-0.05, 0) is 44.0 Å². The molecule has 0 bridgehead atoms. The Kier molecular flexibility index (Phi) is 4.94. The SMILES string of the molecule is Cc1ccc(CN2CC(C(=O)NC(C)(C)c3ccc4c(c3)OCO4)CC2=O)cc1. The van der Waals surface area contributed by atoms with Gasteiger partial charge in [-0.1, -0.05) is 35.9 Å². The molecule has 2 aromatic rings. The van der Waals surface area contributed by atoms with Crippen LogP contribution in [-0.4, -0.2) is 30.1 Å². The Morgan fingerprint density at radius 2 is 1.86 bits per heavy atom. The van der Waals surface area contributed by atoms with Gasteiger partial charge in [0.05, 0.1) is 11.5 Å². The number of hydrogen-bond donors (Lipinski definition) is 1. The van der Waals surface area contributed by atoms with Crippen molar-refractivity contribution in [3.05, 3.63) is 59.2 Å². The fourth-order valence-corrected chi connectivity index (χ4v) is 3.78. The minimum atomic E-state index is -0.592. The average Bonchev–Trinajstić information content (AvgIpc) is 3.29. The summed E-state index contributed by atoms with van der Waals surface area (Å²) in [5, 5.41) is 3.10. The monoisotopic (exact) mass is 394 g/mol. The van der Waals surface area contributed by atoms with Crippen molar-refractivity contribution in [2.75, 3.05) is 13.3 Å². The molecule has 1 N–H and O–H groups in total. The molecule has 1 fully saturated rings. The van der Waals surface area contributed by atoms with Crippen LogP contribution in [0.3, 0.4) is 0 Å². The van der Waals surface area contributed by atoms with Crippen molar-refractivity contribution in [3.63, 3.8) is 0 Å². The zero-order valence-corrected chi connectivity index (χ0v) is 17.0. The highest BCUT2D eigenvalue weighted by molar-refractivity contribution is 5.89. The quantitative estimate of drug-likeness (QED) is 0.846. The van der Waals surface area contributed by atoms with E-state index in [4.69, 9.17) is 9.47 Å². The summed E-state index contributed by atoms with van der Waals surface area (Å²) in [5.74, 6) is 0.967. The summed E-state index contributed by atoms with van der Waals surface area (Å²) in [6, 6.07) is 13.8. The van der Waals surface area contributed by atoms with Gasteiger partial charge in [-0.15, -0.1) is 0 Å². The minimum Gasteiger partial charge on any atom is -0.454 e. The summed E-state index contributed by atoms with van der Waals surface area (Å²) in [7, 11) is 0. The van der Waals surface area contributed by atoms with Crippen LogP contribution in [0.1, 0.15) is 37.0 Å². The summed E-state index contributed by atoms with van der Waals surface area (Å²) in [6.07, 6.45) is 0.245. The first-order valence-corrected chi connectivity index (χ1v) is 9.87. The number of likely N-dealkylation sites (tertiary alicyclic amines) is 1. The van der Waals surface area contributed by atoms with Gasteiger partial charge >= 0.3 is 0 Å². The van der Waals surface area contributed by atoms with Crippen molar-refractivity contribution in [3.8, 4) is 11.5 Å². The van der Waals surface area contributed by atoms with Crippen molar-refractivity contribution < 1.29 is 19.1 Å². The molecule has 2 heterocycles. The summed E-state index contributed by atoms with van der Waals surface area (Å²) in [4.78, 5) is 27.1. The Balaban J connectivity index is 1.40. The molecule has 1 unspecified atom stereocenters. The standard InChI is InChI=1S/C23H26N2O4/c1-15-4-6-16(7-5-15)12-25-13-17(10-21(25)26)22(27)24-23(2,3)18-8-9-19-20(11-18)29-14-28-19/h4-9,11,17H,10,12-14H2,1-3H3,(H,24,27).